The molecule has 1 amide bonds. The van der Waals surface area contributed by atoms with Crippen LogP contribution in [0.5, 0.6) is 0 Å². The largest absolute Gasteiger partial charge is 0.351 e. The van der Waals surface area contributed by atoms with Crippen molar-refractivity contribution in [1.29, 1.82) is 0 Å². The maximum Gasteiger partial charge on any atom is 0.241 e. The highest BCUT2D eigenvalue weighted by Gasteiger charge is 2.17. The molecule has 0 saturated heterocycles. The molecule has 1 aromatic rings. The predicted molar refractivity (Wildman–Crippen MR) is 69.0 cm³/mol. The Balaban J connectivity index is 2.62. The van der Waals surface area contributed by atoms with Gasteiger partial charge in [0.25, 0.3) is 0 Å². The van der Waals surface area contributed by atoms with Crippen molar-refractivity contribution in [3.05, 3.63) is 35.9 Å². The van der Waals surface area contributed by atoms with E-state index in [1.807, 2.05) is 37.3 Å². The van der Waals surface area contributed by atoms with Gasteiger partial charge in [-0.1, -0.05) is 37.3 Å². The maximum absolute atomic E-state index is 11.9. The van der Waals surface area contributed by atoms with Crippen LogP contribution in [0.1, 0.15) is 31.4 Å². The van der Waals surface area contributed by atoms with Crippen LogP contribution in [-0.4, -0.2) is 11.9 Å². The second kappa shape index (κ2) is 6.72. The minimum atomic E-state index is -0.636. The molecular weight excluding hydrogens is 212 g/mol. The number of terminal acetylenes is 1. The molecule has 1 unspecified atom stereocenters. The van der Waals surface area contributed by atoms with Gasteiger partial charge in [0.15, 0.2) is 0 Å². The molecule has 1 aromatic carbocycles. The standard InChI is InChI=1S/C14H18N2O/c1-3-8-12(4-2)16-14(17)13(15)11-9-6-5-7-10-11/h1,5-7,9-10,12-13H,4,8,15H2,2H3,(H,16,17)/t12?,13-/m1/s1. The molecule has 0 radical (unpaired) electrons. The number of rotatable bonds is 5. The van der Waals surface area contributed by atoms with Gasteiger partial charge in [0.1, 0.15) is 6.04 Å². The van der Waals surface area contributed by atoms with Gasteiger partial charge in [-0.05, 0) is 12.0 Å². The molecule has 0 spiro atoms. The third-order valence-electron chi connectivity index (χ3n) is 2.64. The highest BCUT2D eigenvalue weighted by atomic mass is 16.2. The van der Waals surface area contributed by atoms with Crippen molar-refractivity contribution in [2.75, 3.05) is 0 Å². The first kappa shape index (κ1) is 13.3. The SMILES string of the molecule is C#CCC(CC)NC(=O)[C@H](N)c1ccccc1. The quantitative estimate of drug-likeness (QED) is 0.755. The van der Waals surface area contributed by atoms with Crippen molar-refractivity contribution in [2.45, 2.75) is 31.8 Å². The van der Waals surface area contributed by atoms with Gasteiger partial charge in [-0.2, -0.15) is 0 Å². The third-order valence-corrected chi connectivity index (χ3v) is 2.64. The van der Waals surface area contributed by atoms with Crippen LogP contribution in [0.15, 0.2) is 30.3 Å². The minimum Gasteiger partial charge on any atom is -0.351 e. The van der Waals surface area contributed by atoms with Crippen LogP contribution < -0.4 is 11.1 Å². The van der Waals surface area contributed by atoms with Crippen LogP contribution in [0.3, 0.4) is 0 Å². The third kappa shape index (κ3) is 3.93. The number of carbonyl (C=O) groups excluding carboxylic acids is 1. The van der Waals surface area contributed by atoms with E-state index >= 15 is 0 Å². The van der Waals surface area contributed by atoms with Crippen LogP contribution in [0.25, 0.3) is 0 Å². The molecule has 1 rings (SSSR count). The van der Waals surface area contributed by atoms with Crippen molar-refractivity contribution in [2.24, 2.45) is 5.73 Å². The minimum absolute atomic E-state index is 0.00209. The number of nitrogens with two attached hydrogens (primary N) is 1. The summed E-state index contributed by atoms with van der Waals surface area (Å²) in [6, 6.07) is 8.66. The Morgan fingerprint density at radius 3 is 2.65 bits per heavy atom. The van der Waals surface area contributed by atoms with Crippen molar-refractivity contribution >= 4 is 5.91 Å². The molecule has 0 aromatic heterocycles. The molecule has 0 heterocycles. The van der Waals surface area contributed by atoms with Crippen molar-refractivity contribution in [1.82, 2.24) is 5.32 Å². The number of benzene rings is 1. The predicted octanol–water partition coefficient (Wildman–Crippen LogP) is 1.60. The molecule has 0 bridgehead atoms. The molecule has 3 N–H and O–H groups in total. The molecule has 0 aliphatic carbocycles. The van der Waals surface area contributed by atoms with Crippen molar-refractivity contribution < 1.29 is 4.79 Å². The normalized spacial score (nSPS) is 13.5. The van der Waals surface area contributed by atoms with Crippen LogP contribution in [0, 0.1) is 12.3 Å². The average Bonchev–Trinajstić information content (AvgIpc) is 2.38. The Morgan fingerprint density at radius 1 is 1.47 bits per heavy atom. The van der Waals surface area contributed by atoms with E-state index in [-0.39, 0.29) is 11.9 Å². The van der Waals surface area contributed by atoms with E-state index in [1.165, 1.54) is 0 Å². The van der Waals surface area contributed by atoms with E-state index < -0.39 is 6.04 Å². The Hall–Kier alpha value is -1.79. The van der Waals surface area contributed by atoms with Gasteiger partial charge in [-0.3, -0.25) is 4.79 Å². The molecular formula is C14H18N2O. The molecule has 90 valence electrons. The summed E-state index contributed by atoms with van der Waals surface area (Å²) in [5.74, 6) is 2.37. The number of nitrogens with one attached hydrogen (secondary N) is 1. The number of carbonyl (C=O) groups is 1. The Labute approximate surface area is 102 Å². The zero-order valence-electron chi connectivity index (χ0n) is 10.0. The van der Waals surface area contributed by atoms with E-state index in [4.69, 9.17) is 12.2 Å². The summed E-state index contributed by atoms with van der Waals surface area (Å²) < 4.78 is 0. The molecule has 2 atom stereocenters. The fraction of sp³-hybridized carbons (Fsp3) is 0.357. The lowest BCUT2D eigenvalue weighted by atomic mass is 10.1. The molecule has 17 heavy (non-hydrogen) atoms. The molecule has 0 aliphatic rings. The maximum atomic E-state index is 11.9. The topological polar surface area (TPSA) is 55.1 Å². The Kier molecular flexibility index (Phi) is 5.25. The van der Waals surface area contributed by atoms with Gasteiger partial charge in [0.2, 0.25) is 5.91 Å². The fourth-order valence-corrected chi connectivity index (χ4v) is 1.54. The second-order valence-corrected chi connectivity index (χ2v) is 3.91. The summed E-state index contributed by atoms with van der Waals surface area (Å²) in [4.78, 5) is 11.9. The van der Waals surface area contributed by atoms with Gasteiger partial charge in [-0.15, -0.1) is 12.3 Å². The lowest BCUT2D eigenvalue weighted by Crippen LogP contribution is -2.40. The van der Waals surface area contributed by atoms with E-state index in [0.717, 1.165) is 12.0 Å². The molecule has 0 aliphatic heterocycles. The number of hydrogen-bond donors (Lipinski definition) is 2. The smallest absolute Gasteiger partial charge is 0.241 e. The van der Waals surface area contributed by atoms with E-state index in [9.17, 15) is 4.79 Å². The van der Waals surface area contributed by atoms with Gasteiger partial charge < -0.3 is 11.1 Å². The summed E-state index contributed by atoms with van der Waals surface area (Å²) in [6.45, 7) is 1.98. The summed E-state index contributed by atoms with van der Waals surface area (Å²) >= 11 is 0. The number of hydrogen-bond acceptors (Lipinski definition) is 2. The summed E-state index contributed by atoms with van der Waals surface area (Å²) in [5, 5.41) is 2.86. The highest BCUT2D eigenvalue weighted by Crippen LogP contribution is 2.10. The molecule has 0 saturated carbocycles. The fourth-order valence-electron chi connectivity index (χ4n) is 1.54. The summed E-state index contributed by atoms with van der Waals surface area (Å²) in [7, 11) is 0. The van der Waals surface area contributed by atoms with Gasteiger partial charge in [0.05, 0.1) is 0 Å². The first-order valence-electron chi connectivity index (χ1n) is 5.73. The Morgan fingerprint density at radius 2 is 2.12 bits per heavy atom. The Bertz CT molecular complexity index is 394. The van der Waals surface area contributed by atoms with Crippen LogP contribution >= 0.6 is 0 Å². The monoisotopic (exact) mass is 230 g/mol. The average molecular weight is 230 g/mol. The highest BCUT2D eigenvalue weighted by molar-refractivity contribution is 5.83. The summed E-state index contributed by atoms with van der Waals surface area (Å²) in [6.07, 6.45) is 6.57. The van der Waals surface area contributed by atoms with Crippen LogP contribution in [-0.2, 0) is 4.79 Å². The first-order valence-corrected chi connectivity index (χ1v) is 5.73. The zero-order chi connectivity index (χ0) is 12.7. The zero-order valence-corrected chi connectivity index (χ0v) is 10.0. The van der Waals surface area contributed by atoms with Crippen molar-refractivity contribution in [3.8, 4) is 12.3 Å². The van der Waals surface area contributed by atoms with Gasteiger partial charge >= 0.3 is 0 Å². The lowest BCUT2D eigenvalue weighted by Gasteiger charge is -2.18. The second-order valence-electron chi connectivity index (χ2n) is 3.91. The van der Waals surface area contributed by atoms with E-state index in [1.54, 1.807) is 0 Å². The molecule has 0 fully saturated rings. The van der Waals surface area contributed by atoms with E-state index in [2.05, 4.69) is 11.2 Å². The lowest BCUT2D eigenvalue weighted by molar-refractivity contribution is -0.123. The van der Waals surface area contributed by atoms with Gasteiger partial charge in [0, 0.05) is 12.5 Å². The molecule has 3 nitrogen and oxygen atoms in total. The van der Waals surface area contributed by atoms with Crippen LogP contribution in [0.4, 0.5) is 0 Å². The van der Waals surface area contributed by atoms with Gasteiger partial charge in [-0.25, -0.2) is 0 Å². The molecule has 3 heteroatoms. The summed E-state index contributed by atoms with van der Waals surface area (Å²) in [5.41, 5.74) is 6.68. The first-order chi connectivity index (χ1) is 8.19. The van der Waals surface area contributed by atoms with E-state index in [0.29, 0.717) is 6.42 Å². The van der Waals surface area contributed by atoms with Crippen molar-refractivity contribution in [3.63, 3.8) is 0 Å². The van der Waals surface area contributed by atoms with Crippen LogP contribution in [0.2, 0.25) is 0 Å². The number of amides is 1.